The molecule has 2 rings (SSSR count). The third kappa shape index (κ3) is 5.49. The summed E-state index contributed by atoms with van der Waals surface area (Å²) in [7, 11) is 0. The van der Waals surface area contributed by atoms with Crippen molar-refractivity contribution in [2.75, 3.05) is 26.3 Å². The van der Waals surface area contributed by atoms with Crippen LogP contribution < -0.4 is 15.4 Å². The van der Waals surface area contributed by atoms with Gasteiger partial charge in [-0.1, -0.05) is 39.0 Å². The van der Waals surface area contributed by atoms with Crippen molar-refractivity contribution in [1.82, 2.24) is 10.6 Å². The number of benzene rings is 1. The van der Waals surface area contributed by atoms with E-state index in [4.69, 9.17) is 9.47 Å². The van der Waals surface area contributed by atoms with E-state index in [9.17, 15) is 4.79 Å². The fraction of sp³-hybridized carbons (Fsp3) is 0.632. The zero-order chi connectivity index (χ0) is 17.4. The third-order valence-electron chi connectivity index (χ3n) is 4.00. The number of hydrogen-bond acceptors (Lipinski definition) is 4. The number of amides is 1. The lowest BCUT2D eigenvalue weighted by molar-refractivity contribution is -0.135. The molecule has 134 valence electrons. The Morgan fingerprint density at radius 3 is 2.88 bits per heavy atom. The van der Waals surface area contributed by atoms with Gasteiger partial charge < -0.3 is 20.1 Å². The number of para-hydroxylation sites is 1. The van der Waals surface area contributed by atoms with Crippen molar-refractivity contribution < 1.29 is 14.3 Å². The van der Waals surface area contributed by atoms with Gasteiger partial charge in [-0.15, -0.1) is 0 Å². The first-order valence-corrected chi connectivity index (χ1v) is 8.96. The summed E-state index contributed by atoms with van der Waals surface area (Å²) in [4.78, 5) is 12.6. The largest absolute Gasteiger partial charge is 0.493 e. The molecule has 1 aromatic carbocycles. The third-order valence-corrected chi connectivity index (χ3v) is 4.00. The molecular weight excluding hydrogens is 304 g/mol. The number of hydrogen-bond donors (Lipinski definition) is 2. The standard InChI is InChI=1S/C19H30N2O3/c1-4-10-23-17-8-6-5-7-15(17)16(12-14(2)3)21-19(22)18-13-20-9-11-24-18/h5-8,14,16,18,20H,4,9-13H2,1-3H3,(H,21,22). The predicted octanol–water partition coefficient (Wildman–Crippen LogP) is 2.67. The van der Waals surface area contributed by atoms with Gasteiger partial charge in [0.25, 0.3) is 5.91 Å². The highest BCUT2D eigenvalue weighted by Gasteiger charge is 2.26. The Morgan fingerprint density at radius 1 is 1.42 bits per heavy atom. The normalized spacial score (nSPS) is 19.1. The van der Waals surface area contributed by atoms with Gasteiger partial charge in [0.15, 0.2) is 0 Å². The summed E-state index contributed by atoms with van der Waals surface area (Å²) in [5, 5.41) is 6.37. The molecule has 0 saturated carbocycles. The Kier molecular flexibility index (Phi) is 7.53. The van der Waals surface area contributed by atoms with E-state index in [1.165, 1.54) is 0 Å². The number of ether oxygens (including phenoxy) is 2. The first kappa shape index (κ1) is 18.7. The number of carbonyl (C=O) groups is 1. The Bertz CT molecular complexity index is 513. The summed E-state index contributed by atoms with van der Waals surface area (Å²) in [6.45, 7) is 9.02. The molecule has 1 aliphatic heterocycles. The van der Waals surface area contributed by atoms with Crippen molar-refractivity contribution in [1.29, 1.82) is 0 Å². The maximum Gasteiger partial charge on any atom is 0.250 e. The van der Waals surface area contributed by atoms with Gasteiger partial charge in [-0.2, -0.15) is 0 Å². The van der Waals surface area contributed by atoms with E-state index in [2.05, 4.69) is 31.4 Å². The Balaban J connectivity index is 2.14. The molecule has 5 nitrogen and oxygen atoms in total. The molecule has 2 N–H and O–H groups in total. The summed E-state index contributed by atoms with van der Waals surface area (Å²) in [6, 6.07) is 7.90. The summed E-state index contributed by atoms with van der Waals surface area (Å²) >= 11 is 0. The summed E-state index contributed by atoms with van der Waals surface area (Å²) in [5.41, 5.74) is 1.04. The zero-order valence-electron chi connectivity index (χ0n) is 15.0. The van der Waals surface area contributed by atoms with Crippen molar-refractivity contribution in [2.24, 2.45) is 5.92 Å². The quantitative estimate of drug-likeness (QED) is 0.767. The van der Waals surface area contributed by atoms with Gasteiger partial charge in [-0.3, -0.25) is 4.79 Å². The monoisotopic (exact) mass is 334 g/mol. The SMILES string of the molecule is CCCOc1ccccc1C(CC(C)C)NC(=O)C1CNCCO1. The highest BCUT2D eigenvalue weighted by Crippen LogP contribution is 2.30. The molecule has 1 heterocycles. The molecule has 1 saturated heterocycles. The van der Waals surface area contributed by atoms with E-state index in [-0.39, 0.29) is 11.9 Å². The highest BCUT2D eigenvalue weighted by molar-refractivity contribution is 5.81. The minimum absolute atomic E-state index is 0.0573. The van der Waals surface area contributed by atoms with E-state index in [0.29, 0.717) is 25.7 Å². The molecule has 0 spiro atoms. The molecule has 2 atom stereocenters. The van der Waals surface area contributed by atoms with Crippen LogP contribution in [0, 0.1) is 5.92 Å². The maximum absolute atomic E-state index is 12.6. The summed E-state index contributed by atoms with van der Waals surface area (Å²) < 4.78 is 11.5. The lowest BCUT2D eigenvalue weighted by Gasteiger charge is -2.28. The van der Waals surface area contributed by atoms with Crippen LogP contribution in [0.3, 0.4) is 0 Å². The van der Waals surface area contributed by atoms with Gasteiger partial charge in [0.1, 0.15) is 11.9 Å². The van der Waals surface area contributed by atoms with Crippen LogP contribution in [0.4, 0.5) is 0 Å². The highest BCUT2D eigenvalue weighted by atomic mass is 16.5. The summed E-state index contributed by atoms with van der Waals surface area (Å²) in [6.07, 6.45) is 1.40. The number of rotatable bonds is 8. The molecule has 1 aliphatic rings. The van der Waals surface area contributed by atoms with Crippen LogP contribution in [0.5, 0.6) is 5.75 Å². The second-order valence-electron chi connectivity index (χ2n) is 6.64. The lowest BCUT2D eigenvalue weighted by atomic mass is 9.96. The molecule has 0 aromatic heterocycles. The molecule has 1 amide bonds. The Labute approximate surface area is 145 Å². The van der Waals surface area contributed by atoms with Crippen LogP contribution in [0.25, 0.3) is 0 Å². The van der Waals surface area contributed by atoms with Crippen molar-refractivity contribution in [2.45, 2.75) is 45.8 Å². The molecule has 0 bridgehead atoms. The minimum atomic E-state index is -0.419. The Morgan fingerprint density at radius 2 is 2.21 bits per heavy atom. The van der Waals surface area contributed by atoms with Gasteiger partial charge in [0, 0.05) is 18.7 Å². The van der Waals surface area contributed by atoms with E-state index >= 15 is 0 Å². The maximum atomic E-state index is 12.6. The minimum Gasteiger partial charge on any atom is -0.493 e. The van der Waals surface area contributed by atoms with E-state index in [0.717, 1.165) is 30.7 Å². The van der Waals surface area contributed by atoms with Crippen molar-refractivity contribution in [3.05, 3.63) is 29.8 Å². The van der Waals surface area contributed by atoms with Crippen LogP contribution in [0.2, 0.25) is 0 Å². The number of morpholine rings is 1. The second kappa shape index (κ2) is 9.64. The van der Waals surface area contributed by atoms with Crippen LogP contribution in [0.15, 0.2) is 24.3 Å². The van der Waals surface area contributed by atoms with Gasteiger partial charge in [0.05, 0.1) is 19.3 Å². The average molecular weight is 334 g/mol. The molecule has 24 heavy (non-hydrogen) atoms. The Hall–Kier alpha value is -1.59. The van der Waals surface area contributed by atoms with Crippen molar-refractivity contribution in [3.63, 3.8) is 0 Å². The molecule has 2 unspecified atom stereocenters. The van der Waals surface area contributed by atoms with Crippen LogP contribution in [0.1, 0.15) is 45.2 Å². The molecular formula is C19H30N2O3. The van der Waals surface area contributed by atoms with Gasteiger partial charge in [0.2, 0.25) is 0 Å². The van der Waals surface area contributed by atoms with Gasteiger partial charge in [-0.25, -0.2) is 0 Å². The van der Waals surface area contributed by atoms with E-state index in [1.54, 1.807) is 0 Å². The number of nitrogens with one attached hydrogen (secondary N) is 2. The van der Waals surface area contributed by atoms with Gasteiger partial charge >= 0.3 is 0 Å². The molecule has 1 aromatic rings. The fourth-order valence-electron chi connectivity index (χ4n) is 2.85. The van der Waals surface area contributed by atoms with Crippen molar-refractivity contribution in [3.8, 4) is 5.75 Å². The molecule has 5 heteroatoms. The topological polar surface area (TPSA) is 59.6 Å². The van der Waals surface area contributed by atoms with E-state index < -0.39 is 6.10 Å². The van der Waals surface area contributed by atoms with Crippen molar-refractivity contribution >= 4 is 5.91 Å². The predicted molar refractivity (Wildman–Crippen MR) is 95.2 cm³/mol. The number of carbonyl (C=O) groups excluding carboxylic acids is 1. The first-order chi connectivity index (χ1) is 11.6. The fourth-order valence-corrected chi connectivity index (χ4v) is 2.85. The second-order valence-corrected chi connectivity index (χ2v) is 6.64. The van der Waals surface area contributed by atoms with Gasteiger partial charge in [-0.05, 0) is 24.8 Å². The zero-order valence-corrected chi connectivity index (χ0v) is 15.0. The lowest BCUT2D eigenvalue weighted by Crippen LogP contribution is -2.48. The molecule has 0 aliphatic carbocycles. The smallest absolute Gasteiger partial charge is 0.250 e. The molecule has 0 radical (unpaired) electrons. The molecule has 1 fully saturated rings. The van der Waals surface area contributed by atoms with Crippen LogP contribution in [-0.4, -0.2) is 38.3 Å². The summed E-state index contributed by atoms with van der Waals surface area (Å²) in [5.74, 6) is 1.26. The van der Waals surface area contributed by atoms with E-state index in [1.807, 2.05) is 24.3 Å². The van der Waals surface area contributed by atoms with Crippen LogP contribution in [-0.2, 0) is 9.53 Å². The average Bonchev–Trinajstić information content (AvgIpc) is 2.60. The first-order valence-electron chi connectivity index (χ1n) is 8.96. The van der Waals surface area contributed by atoms with Crippen LogP contribution >= 0.6 is 0 Å².